The zero-order valence-electron chi connectivity index (χ0n) is 13.9. The second-order valence-corrected chi connectivity index (χ2v) is 7.71. The van der Waals surface area contributed by atoms with Gasteiger partial charge in [-0.2, -0.15) is 0 Å². The normalized spacial score (nSPS) is 24.2. The van der Waals surface area contributed by atoms with E-state index in [1.54, 1.807) is 4.90 Å². The molecule has 4 rings (SSSR count). The van der Waals surface area contributed by atoms with Crippen LogP contribution < -0.4 is 0 Å². The molecule has 0 radical (unpaired) electrons. The Morgan fingerprint density at radius 2 is 2.00 bits per heavy atom. The van der Waals surface area contributed by atoms with Crippen LogP contribution in [-0.2, 0) is 17.8 Å². The fourth-order valence-corrected chi connectivity index (χ4v) is 4.36. The molecule has 0 bridgehead atoms. The molecule has 1 saturated heterocycles. The maximum Gasteiger partial charge on any atom is 0.407 e. The molecule has 2 aliphatic heterocycles. The Bertz CT molecular complexity index is 747. The summed E-state index contributed by atoms with van der Waals surface area (Å²) in [5.41, 5.74) is 1.88. The Morgan fingerprint density at radius 1 is 1.24 bits per heavy atom. The first-order chi connectivity index (χ1) is 11.9. The smallest absolute Gasteiger partial charge is 0.407 e. The van der Waals surface area contributed by atoms with Crippen LogP contribution in [0.1, 0.15) is 48.4 Å². The molecule has 7 heteroatoms. The molecule has 2 heterocycles. The molecule has 1 aromatic carbocycles. The van der Waals surface area contributed by atoms with Crippen molar-refractivity contribution in [2.24, 2.45) is 0 Å². The highest BCUT2D eigenvalue weighted by molar-refractivity contribution is 6.30. The van der Waals surface area contributed by atoms with E-state index in [9.17, 15) is 19.8 Å². The van der Waals surface area contributed by atoms with Gasteiger partial charge in [0.15, 0.2) is 0 Å². The monoisotopic (exact) mass is 364 g/mol. The van der Waals surface area contributed by atoms with E-state index in [4.69, 9.17) is 11.6 Å². The molecule has 0 aromatic heterocycles. The van der Waals surface area contributed by atoms with Crippen molar-refractivity contribution in [2.45, 2.75) is 50.3 Å². The highest BCUT2D eigenvalue weighted by atomic mass is 35.5. The minimum atomic E-state index is -1.16. The fraction of sp³-hybridized carbons (Fsp3) is 0.556. The molecule has 134 valence electrons. The standard InChI is InChI=1S/C18H21ClN2O4/c19-12-8-11-10-20(16(22)18(25)4-5-18)7-3-13(11)14(9-12)15-2-1-6-21(15)17(23)24/h8-9,15,25H,1-7,10H2,(H,23,24)/t15-/m0/s1. The number of hydrogen-bond donors (Lipinski definition) is 2. The second-order valence-electron chi connectivity index (χ2n) is 7.27. The Morgan fingerprint density at radius 3 is 2.68 bits per heavy atom. The topological polar surface area (TPSA) is 81.1 Å². The van der Waals surface area contributed by atoms with Crippen LogP contribution in [0.15, 0.2) is 12.1 Å². The molecule has 25 heavy (non-hydrogen) atoms. The molecule has 2 fully saturated rings. The average molecular weight is 365 g/mol. The summed E-state index contributed by atoms with van der Waals surface area (Å²) in [5, 5.41) is 20.1. The summed E-state index contributed by atoms with van der Waals surface area (Å²) in [6, 6.07) is 3.56. The van der Waals surface area contributed by atoms with Gasteiger partial charge in [-0.25, -0.2) is 4.79 Å². The predicted octanol–water partition coefficient (Wildman–Crippen LogP) is 2.56. The number of carbonyl (C=O) groups is 2. The number of halogens is 1. The molecule has 1 saturated carbocycles. The third-order valence-electron chi connectivity index (χ3n) is 5.60. The van der Waals surface area contributed by atoms with Crippen LogP contribution in [0.25, 0.3) is 0 Å². The Labute approximate surface area is 151 Å². The van der Waals surface area contributed by atoms with Crippen LogP contribution >= 0.6 is 11.6 Å². The highest BCUT2D eigenvalue weighted by Gasteiger charge is 2.50. The quantitative estimate of drug-likeness (QED) is 0.845. The second kappa shape index (κ2) is 5.88. The van der Waals surface area contributed by atoms with Crippen molar-refractivity contribution in [3.8, 4) is 0 Å². The van der Waals surface area contributed by atoms with Crippen molar-refractivity contribution in [3.05, 3.63) is 33.8 Å². The largest absolute Gasteiger partial charge is 0.465 e. The maximum absolute atomic E-state index is 12.4. The minimum absolute atomic E-state index is 0.167. The van der Waals surface area contributed by atoms with Crippen LogP contribution in [-0.4, -0.2) is 50.7 Å². The van der Waals surface area contributed by atoms with Gasteiger partial charge in [0, 0.05) is 24.7 Å². The molecule has 2 N–H and O–H groups in total. The van der Waals surface area contributed by atoms with E-state index >= 15 is 0 Å². The summed E-state index contributed by atoms with van der Waals surface area (Å²) in [7, 11) is 0. The number of aliphatic hydroxyl groups is 1. The SMILES string of the molecule is O=C(O)N1CCC[C@H]1c1cc(Cl)cc2c1CCN(C(=O)C1(O)CC1)C2. The molecule has 0 unspecified atom stereocenters. The molecule has 1 atom stereocenters. The number of benzene rings is 1. The van der Waals surface area contributed by atoms with E-state index in [0.717, 1.165) is 29.5 Å². The van der Waals surface area contributed by atoms with Crippen molar-refractivity contribution in [3.63, 3.8) is 0 Å². The number of amides is 2. The van der Waals surface area contributed by atoms with Gasteiger partial charge in [0.05, 0.1) is 6.04 Å². The first-order valence-electron chi connectivity index (χ1n) is 8.71. The zero-order chi connectivity index (χ0) is 17.8. The third-order valence-corrected chi connectivity index (χ3v) is 5.82. The number of carboxylic acid groups (broad SMARTS) is 1. The van der Waals surface area contributed by atoms with Crippen LogP contribution in [0, 0.1) is 0 Å². The summed E-state index contributed by atoms with van der Waals surface area (Å²) in [6.07, 6.45) is 2.46. The van der Waals surface area contributed by atoms with E-state index in [0.29, 0.717) is 43.9 Å². The van der Waals surface area contributed by atoms with E-state index in [1.165, 1.54) is 4.90 Å². The summed E-state index contributed by atoms with van der Waals surface area (Å²) < 4.78 is 0. The van der Waals surface area contributed by atoms with Crippen LogP contribution in [0.4, 0.5) is 4.79 Å². The van der Waals surface area contributed by atoms with E-state index in [1.807, 2.05) is 12.1 Å². The van der Waals surface area contributed by atoms with Gasteiger partial charge in [0.25, 0.3) is 5.91 Å². The lowest BCUT2D eigenvalue weighted by molar-refractivity contribution is -0.143. The molecular formula is C18H21ClN2O4. The van der Waals surface area contributed by atoms with Gasteiger partial charge in [0.1, 0.15) is 5.60 Å². The number of likely N-dealkylation sites (tertiary alicyclic amines) is 1. The van der Waals surface area contributed by atoms with Crippen LogP contribution in [0.2, 0.25) is 5.02 Å². The summed E-state index contributed by atoms with van der Waals surface area (Å²) in [4.78, 5) is 27.1. The van der Waals surface area contributed by atoms with Crippen molar-refractivity contribution < 1.29 is 19.8 Å². The average Bonchev–Trinajstić information content (AvgIpc) is 3.14. The molecule has 3 aliphatic rings. The van der Waals surface area contributed by atoms with Crippen molar-refractivity contribution >= 4 is 23.6 Å². The molecule has 0 spiro atoms. The minimum Gasteiger partial charge on any atom is -0.465 e. The summed E-state index contributed by atoms with van der Waals surface area (Å²) in [6.45, 7) is 1.51. The number of hydrogen-bond acceptors (Lipinski definition) is 3. The molecular weight excluding hydrogens is 344 g/mol. The molecule has 2 amide bonds. The summed E-state index contributed by atoms with van der Waals surface area (Å²) in [5.74, 6) is -0.201. The lowest BCUT2D eigenvalue weighted by Crippen LogP contribution is -2.43. The Hall–Kier alpha value is -1.79. The number of rotatable bonds is 2. The van der Waals surface area contributed by atoms with Gasteiger partial charge < -0.3 is 20.0 Å². The highest BCUT2D eigenvalue weighted by Crippen LogP contribution is 2.41. The van der Waals surface area contributed by atoms with Crippen molar-refractivity contribution in [1.82, 2.24) is 9.80 Å². The van der Waals surface area contributed by atoms with E-state index in [2.05, 4.69) is 0 Å². The summed E-state index contributed by atoms with van der Waals surface area (Å²) >= 11 is 6.30. The molecule has 6 nitrogen and oxygen atoms in total. The fourth-order valence-electron chi connectivity index (χ4n) is 4.11. The zero-order valence-corrected chi connectivity index (χ0v) is 14.6. The van der Waals surface area contributed by atoms with Gasteiger partial charge >= 0.3 is 6.09 Å². The first kappa shape index (κ1) is 16.7. The Kier molecular flexibility index (Phi) is 3.92. The Balaban J connectivity index is 1.65. The van der Waals surface area contributed by atoms with Crippen molar-refractivity contribution in [2.75, 3.05) is 13.1 Å². The third kappa shape index (κ3) is 2.87. The molecule has 1 aromatic rings. The van der Waals surface area contributed by atoms with Crippen LogP contribution in [0.5, 0.6) is 0 Å². The predicted molar refractivity (Wildman–Crippen MR) is 91.5 cm³/mol. The van der Waals surface area contributed by atoms with Gasteiger partial charge in [-0.15, -0.1) is 0 Å². The van der Waals surface area contributed by atoms with Gasteiger partial charge in [-0.1, -0.05) is 11.6 Å². The van der Waals surface area contributed by atoms with E-state index < -0.39 is 11.7 Å². The number of nitrogens with zero attached hydrogens (tertiary/aromatic N) is 2. The van der Waals surface area contributed by atoms with E-state index in [-0.39, 0.29) is 11.9 Å². The van der Waals surface area contributed by atoms with Gasteiger partial charge in [0.2, 0.25) is 0 Å². The lowest BCUT2D eigenvalue weighted by Gasteiger charge is -2.34. The number of carbonyl (C=O) groups excluding carboxylic acids is 1. The number of fused-ring (bicyclic) bond motifs is 1. The first-order valence-corrected chi connectivity index (χ1v) is 9.09. The van der Waals surface area contributed by atoms with Crippen molar-refractivity contribution in [1.29, 1.82) is 0 Å². The van der Waals surface area contributed by atoms with Gasteiger partial charge in [-0.3, -0.25) is 4.79 Å². The lowest BCUT2D eigenvalue weighted by atomic mass is 9.89. The van der Waals surface area contributed by atoms with Crippen LogP contribution in [0.3, 0.4) is 0 Å². The van der Waals surface area contributed by atoms with Gasteiger partial charge in [-0.05, 0) is 60.9 Å². The molecule has 1 aliphatic carbocycles. The maximum atomic E-state index is 12.4.